The third-order valence-electron chi connectivity index (χ3n) is 3.10. The van der Waals surface area contributed by atoms with Gasteiger partial charge >= 0.3 is 0 Å². The zero-order chi connectivity index (χ0) is 13.4. The minimum absolute atomic E-state index is 0.163. The summed E-state index contributed by atoms with van der Waals surface area (Å²) in [7, 11) is 0. The Labute approximate surface area is 118 Å². The fraction of sp³-hybridized carbons (Fsp3) is 0.600. The summed E-state index contributed by atoms with van der Waals surface area (Å²) in [6.07, 6.45) is 4.44. The summed E-state index contributed by atoms with van der Waals surface area (Å²) in [5, 5.41) is 3.47. The average Bonchev–Trinajstić information content (AvgIpc) is 2.35. The van der Waals surface area contributed by atoms with Gasteiger partial charge in [0.05, 0.1) is 4.47 Å². The lowest BCUT2D eigenvalue weighted by Crippen LogP contribution is -2.25. The van der Waals surface area contributed by atoms with Gasteiger partial charge in [-0.2, -0.15) is 0 Å². The Morgan fingerprint density at radius 3 is 2.72 bits per heavy atom. The lowest BCUT2D eigenvalue weighted by molar-refractivity contribution is 0.437. The Hall–Kier alpha value is -0.410. The molecule has 0 bridgehead atoms. The number of benzene rings is 1. The molecular formula is C15H23BrFN. The molecule has 0 aliphatic heterocycles. The van der Waals surface area contributed by atoms with E-state index in [2.05, 4.69) is 35.1 Å². The first-order valence-corrected chi connectivity index (χ1v) is 7.61. The van der Waals surface area contributed by atoms with E-state index in [1.165, 1.54) is 18.9 Å². The number of halogens is 2. The first-order valence-electron chi connectivity index (χ1n) is 6.82. The van der Waals surface area contributed by atoms with Crippen molar-refractivity contribution < 1.29 is 4.39 Å². The van der Waals surface area contributed by atoms with Crippen LogP contribution in [0.1, 0.15) is 38.7 Å². The quantitative estimate of drug-likeness (QED) is 0.694. The minimum atomic E-state index is -0.163. The lowest BCUT2D eigenvalue weighted by atomic mass is 9.95. The van der Waals surface area contributed by atoms with E-state index in [1.54, 1.807) is 6.07 Å². The summed E-state index contributed by atoms with van der Waals surface area (Å²) in [6, 6.07) is 5.30. The van der Waals surface area contributed by atoms with Gasteiger partial charge in [0.1, 0.15) is 5.82 Å². The van der Waals surface area contributed by atoms with Crippen LogP contribution in [-0.2, 0) is 6.42 Å². The predicted octanol–water partition coefficient (Wildman–Crippen LogP) is 4.55. The second-order valence-electron chi connectivity index (χ2n) is 4.78. The van der Waals surface area contributed by atoms with Gasteiger partial charge in [-0.05, 0) is 65.8 Å². The topological polar surface area (TPSA) is 12.0 Å². The molecule has 1 unspecified atom stereocenters. The lowest BCUT2D eigenvalue weighted by Gasteiger charge is -2.18. The normalized spacial score (nSPS) is 12.7. The van der Waals surface area contributed by atoms with Crippen LogP contribution in [0.15, 0.2) is 22.7 Å². The summed E-state index contributed by atoms with van der Waals surface area (Å²) in [6.45, 7) is 6.45. The van der Waals surface area contributed by atoms with Gasteiger partial charge in [0.25, 0.3) is 0 Å². The van der Waals surface area contributed by atoms with Gasteiger partial charge in [0.2, 0.25) is 0 Å². The molecule has 1 rings (SSSR count). The molecule has 0 amide bonds. The van der Waals surface area contributed by atoms with Crippen LogP contribution in [0.5, 0.6) is 0 Å². The van der Waals surface area contributed by atoms with E-state index in [0.717, 1.165) is 31.5 Å². The predicted molar refractivity (Wildman–Crippen MR) is 79.4 cm³/mol. The largest absolute Gasteiger partial charge is 0.316 e. The van der Waals surface area contributed by atoms with Gasteiger partial charge in [-0.3, -0.25) is 0 Å². The maximum Gasteiger partial charge on any atom is 0.137 e. The molecule has 0 heterocycles. The van der Waals surface area contributed by atoms with E-state index in [0.29, 0.717) is 10.4 Å². The average molecular weight is 316 g/mol. The van der Waals surface area contributed by atoms with Gasteiger partial charge in [-0.1, -0.05) is 32.4 Å². The van der Waals surface area contributed by atoms with E-state index >= 15 is 0 Å². The van der Waals surface area contributed by atoms with E-state index in [4.69, 9.17) is 0 Å². The highest BCUT2D eigenvalue weighted by Gasteiger charge is 2.12. The van der Waals surface area contributed by atoms with Gasteiger partial charge in [-0.25, -0.2) is 4.39 Å². The Morgan fingerprint density at radius 1 is 1.28 bits per heavy atom. The summed E-state index contributed by atoms with van der Waals surface area (Å²) >= 11 is 3.35. The molecule has 3 heteroatoms. The molecule has 0 aliphatic rings. The van der Waals surface area contributed by atoms with Gasteiger partial charge < -0.3 is 5.32 Å². The highest BCUT2D eigenvalue weighted by molar-refractivity contribution is 9.10. The molecule has 1 N–H and O–H groups in total. The van der Waals surface area contributed by atoms with Crippen molar-refractivity contribution in [2.24, 2.45) is 5.92 Å². The highest BCUT2D eigenvalue weighted by atomic mass is 79.9. The van der Waals surface area contributed by atoms with E-state index < -0.39 is 0 Å². The molecule has 1 aromatic carbocycles. The van der Waals surface area contributed by atoms with Crippen LogP contribution in [0.2, 0.25) is 0 Å². The molecule has 1 aromatic rings. The van der Waals surface area contributed by atoms with Crippen molar-refractivity contribution in [1.82, 2.24) is 5.32 Å². The molecule has 0 fully saturated rings. The van der Waals surface area contributed by atoms with Crippen molar-refractivity contribution in [3.05, 3.63) is 34.1 Å². The molecular weight excluding hydrogens is 293 g/mol. The molecule has 0 radical (unpaired) electrons. The Bertz CT molecular complexity index is 354. The number of hydrogen-bond acceptors (Lipinski definition) is 1. The maximum atomic E-state index is 13.5. The molecule has 102 valence electrons. The van der Waals surface area contributed by atoms with Gasteiger partial charge in [-0.15, -0.1) is 0 Å². The first kappa shape index (κ1) is 15.6. The fourth-order valence-corrected chi connectivity index (χ4v) is 2.61. The minimum Gasteiger partial charge on any atom is -0.316 e. The summed E-state index contributed by atoms with van der Waals surface area (Å²) < 4.78 is 14.1. The van der Waals surface area contributed by atoms with Crippen LogP contribution in [0, 0.1) is 11.7 Å². The molecule has 0 aromatic heterocycles. The third-order valence-corrected chi connectivity index (χ3v) is 3.98. The maximum absolute atomic E-state index is 13.5. The molecule has 0 spiro atoms. The Morgan fingerprint density at radius 2 is 2.06 bits per heavy atom. The van der Waals surface area contributed by atoms with Crippen LogP contribution in [0.4, 0.5) is 4.39 Å². The number of nitrogens with one attached hydrogen (secondary N) is 1. The monoisotopic (exact) mass is 315 g/mol. The fourth-order valence-electron chi connectivity index (χ4n) is 2.18. The zero-order valence-electron chi connectivity index (χ0n) is 11.3. The van der Waals surface area contributed by atoms with Crippen molar-refractivity contribution in [1.29, 1.82) is 0 Å². The third kappa shape index (κ3) is 5.07. The smallest absolute Gasteiger partial charge is 0.137 e. The van der Waals surface area contributed by atoms with E-state index in [9.17, 15) is 4.39 Å². The standard InChI is InChI=1S/C15H23BrFN/c1-3-6-12(11-18-9-4-2)10-13-7-5-8-14(17)15(13)16/h5,7-8,12,18H,3-4,6,9-11H2,1-2H3. The molecule has 0 aliphatic carbocycles. The van der Waals surface area contributed by atoms with Gasteiger partial charge in [0.15, 0.2) is 0 Å². The van der Waals surface area contributed by atoms with Crippen LogP contribution in [0.25, 0.3) is 0 Å². The molecule has 0 saturated carbocycles. The Kier molecular flexibility index (Phi) is 7.52. The summed E-state index contributed by atoms with van der Waals surface area (Å²) in [5.74, 6) is 0.420. The van der Waals surface area contributed by atoms with Crippen LogP contribution >= 0.6 is 15.9 Å². The van der Waals surface area contributed by atoms with E-state index in [-0.39, 0.29) is 5.82 Å². The van der Waals surface area contributed by atoms with Crippen LogP contribution in [0.3, 0.4) is 0 Å². The second-order valence-corrected chi connectivity index (χ2v) is 5.57. The van der Waals surface area contributed by atoms with Crippen molar-refractivity contribution in [2.45, 2.75) is 39.5 Å². The summed E-state index contributed by atoms with van der Waals surface area (Å²) in [4.78, 5) is 0. The molecule has 1 atom stereocenters. The number of hydrogen-bond donors (Lipinski definition) is 1. The number of rotatable bonds is 8. The van der Waals surface area contributed by atoms with Crippen molar-refractivity contribution in [2.75, 3.05) is 13.1 Å². The molecule has 18 heavy (non-hydrogen) atoms. The SMILES string of the molecule is CCCNCC(CCC)Cc1cccc(F)c1Br. The van der Waals surface area contributed by atoms with Crippen LogP contribution < -0.4 is 5.32 Å². The van der Waals surface area contributed by atoms with Gasteiger partial charge in [0, 0.05) is 0 Å². The zero-order valence-corrected chi connectivity index (χ0v) is 12.9. The summed E-state index contributed by atoms with van der Waals surface area (Å²) in [5.41, 5.74) is 1.08. The first-order chi connectivity index (χ1) is 8.69. The highest BCUT2D eigenvalue weighted by Crippen LogP contribution is 2.24. The second kappa shape index (κ2) is 8.65. The Balaban J connectivity index is 2.61. The van der Waals surface area contributed by atoms with Crippen molar-refractivity contribution in [3.63, 3.8) is 0 Å². The molecule has 0 saturated heterocycles. The van der Waals surface area contributed by atoms with Crippen molar-refractivity contribution >= 4 is 15.9 Å². The van der Waals surface area contributed by atoms with Crippen LogP contribution in [-0.4, -0.2) is 13.1 Å². The van der Waals surface area contributed by atoms with E-state index in [1.807, 2.05) is 6.07 Å². The van der Waals surface area contributed by atoms with Crippen molar-refractivity contribution in [3.8, 4) is 0 Å². The molecule has 1 nitrogen and oxygen atoms in total.